The highest BCUT2D eigenvalue weighted by Gasteiger charge is 2.19. The van der Waals surface area contributed by atoms with Crippen molar-refractivity contribution < 1.29 is 19.4 Å². The first-order valence-electron chi connectivity index (χ1n) is 9.87. The fourth-order valence-electron chi connectivity index (χ4n) is 3.35. The predicted octanol–water partition coefficient (Wildman–Crippen LogP) is 1.10. The lowest BCUT2D eigenvalue weighted by molar-refractivity contribution is -0.0175. The molecule has 1 unspecified atom stereocenters. The first-order valence-corrected chi connectivity index (χ1v) is 9.87. The molecule has 2 N–H and O–H groups in total. The second kappa shape index (κ2) is 9.11. The number of hydrogen-bond donors (Lipinski definition) is 2. The third kappa shape index (κ3) is 4.65. The molecule has 0 spiro atoms. The summed E-state index contributed by atoms with van der Waals surface area (Å²) in [4.78, 5) is 22.9. The van der Waals surface area contributed by atoms with Crippen molar-refractivity contribution in [3.63, 3.8) is 0 Å². The van der Waals surface area contributed by atoms with E-state index in [2.05, 4.69) is 25.3 Å². The van der Waals surface area contributed by atoms with Gasteiger partial charge in [0, 0.05) is 38.1 Å². The van der Waals surface area contributed by atoms with E-state index in [1.54, 1.807) is 30.5 Å². The van der Waals surface area contributed by atoms with E-state index in [0.29, 0.717) is 41.5 Å². The number of amides is 1. The molecule has 3 aromatic heterocycles. The van der Waals surface area contributed by atoms with Crippen LogP contribution in [0.5, 0.6) is 11.8 Å². The van der Waals surface area contributed by atoms with Crippen molar-refractivity contribution in [3.8, 4) is 28.7 Å². The van der Waals surface area contributed by atoms with Crippen molar-refractivity contribution >= 4 is 5.91 Å². The highest BCUT2D eigenvalue weighted by molar-refractivity contribution is 5.93. The first kappa shape index (κ1) is 20.8. The molecular weight excluding hydrogens is 400 g/mol. The summed E-state index contributed by atoms with van der Waals surface area (Å²) in [5.41, 5.74) is 1.64. The number of nitrogens with one attached hydrogen (secondary N) is 1. The molecule has 0 bridgehead atoms. The molecule has 31 heavy (non-hydrogen) atoms. The maximum atomic E-state index is 12.4. The highest BCUT2D eigenvalue weighted by Crippen LogP contribution is 2.31. The number of pyridine rings is 2. The number of aromatic nitrogens is 4. The smallest absolute Gasteiger partial charge is 0.252 e. The summed E-state index contributed by atoms with van der Waals surface area (Å²) < 4.78 is 12.1. The molecule has 10 nitrogen and oxygen atoms in total. The minimum atomic E-state index is -0.231. The Bertz CT molecular complexity index is 1050. The van der Waals surface area contributed by atoms with E-state index < -0.39 is 0 Å². The minimum absolute atomic E-state index is 0.0267. The summed E-state index contributed by atoms with van der Waals surface area (Å²) in [5, 5.41) is 17.7. The van der Waals surface area contributed by atoms with E-state index in [4.69, 9.17) is 9.47 Å². The zero-order valence-corrected chi connectivity index (χ0v) is 17.4. The number of methoxy groups -OCH3 is 1. The van der Waals surface area contributed by atoms with E-state index in [9.17, 15) is 9.90 Å². The van der Waals surface area contributed by atoms with Gasteiger partial charge in [0.15, 0.2) is 5.82 Å². The van der Waals surface area contributed by atoms with Crippen LogP contribution >= 0.6 is 0 Å². The number of carbonyl (C=O) groups is 1. The molecule has 1 fully saturated rings. The lowest BCUT2D eigenvalue weighted by Crippen LogP contribution is -2.45. The van der Waals surface area contributed by atoms with Gasteiger partial charge in [-0.1, -0.05) is 0 Å². The van der Waals surface area contributed by atoms with Crippen LogP contribution in [0.15, 0.2) is 42.9 Å². The van der Waals surface area contributed by atoms with Crippen LogP contribution < -0.4 is 10.1 Å². The van der Waals surface area contributed by atoms with Crippen molar-refractivity contribution in [2.75, 3.05) is 40.4 Å². The van der Waals surface area contributed by atoms with Crippen molar-refractivity contribution in [2.45, 2.75) is 6.10 Å². The summed E-state index contributed by atoms with van der Waals surface area (Å²) in [6, 6.07) is 6.72. The Labute approximate surface area is 179 Å². The predicted molar refractivity (Wildman–Crippen MR) is 112 cm³/mol. The Balaban J connectivity index is 1.44. The number of rotatable bonds is 6. The van der Waals surface area contributed by atoms with E-state index in [0.717, 1.165) is 13.1 Å². The fourth-order valence-corrected chi connectivity index (χ4v) is 3.35. The van der Waals surface area contributed by atoms with Crippen molar-refractivity contribution in [1.29, 1.82) is 0 Å². The molecule has 0 radical (unpaired) electrons. The van der Waals surface area contributed by atoms with Gasteiger partial charge < -0.3 is 24.8 Å². The maximum Gasteiger partial charge on any atom is 0.252 e. The van der Waals surface area contributed by atoms with Crippen LogP contribution in [0.4, 0.5) is 0 Å². The largest absolute Gasteiger partial charge is 0.493 e. The van der Waals surface area contributed by atoms with Crippen molar-refractivity contribution in [2.24, 2.45) is 0 Å². The van der Waals surface area contributed by atoms with Gasteiger partial charge in [-0.25, -0.2) is 9.97 Å². The molecule has 0 saturated carbocycles. The van der Waals surface area contributed by atoms with Crippen LogP contribution in [0.2, 0.25) is 0 Å². The topological polar surface area (TPSA) is 115 Å². The molecule has 1 aliphatic rings. The number of likely N-dealkylation sites (N-methyl/N-ethyl adjacent to an activating group) is 1. The van der Waals surface area contributed by atoms with Crippen molar-refractivity contribution in [3.05, 3.63) is 48.4 Å². The van der Waals surface area contributed by atoms with Crippen LogP contribution in [0.3, 0.4) is 0 Å². The summed E-state index contributed by atoms with van der Waals surface area (Å²) in [6.07, 6.45) is 4.55. The zero-order chi connectivity index (χ0) is 21.8. The second-order valence-corrected chi connectivity index (χ2v) is 7.25. The van der Waals surface area contributed by atoms with Gasteiger partial charge in [-0.3, -0.25) is 4.79 Å². The van der Waals surface area contributed by atoms with Crippen molar-refractivity contribution in [1.82, 2.24) is 30.0 Å². The van der Waals surface area contributed by atoms with Gasteiger partial charge in [0.2, 0.25) is 11.8 Å². The molecule has 0 aromatic carbocycles. The molecule has 1 amide bonds. The number of aromatic hydroxyl groups is 1. The van der Waals surface area contributed by atoms with Crippen LogP contribution in [-0.4, -0.2) is 82.2 Å². The van der Waals surface area contributed by atoms with Crippen LogP contribution in [0, 0.1) is 0 Å². The van der Waals surface area contributed by atoms with Crippen LogP contribution in [0.1, 0.15) is 10.4 Å². The van der Waals surface area contributed by atoms with E-state index in [1.807, 2.05) is 7.05 Å². The average molecular weight is 424 g/mol. The van der Waals surface area contributed by atoms with E-state index >= 15 is 0 Å². The summed E-state index contributed by atoms with van der Waals surface area (Å²) in [7, 11) is 3.55. The normalized spacial score (nSPS) is 16.8. The molecule has 1 atom stereocenters. The molecule has 162 valence electrons. The van der Waals surface area contributed by atoms with Gasteiger partial charge >= 0.3 is 0 Å². The molecule has 1 saturated heterocycles. The first-order chi connectivity index (χ1) is 15.0. The quantitative estimate of drug-likeness (QED) is 0.605. The number of ether oxygens (including phenoxy) is 2. The summed E-state index contributed by atoms with van der Waals surface area (Å²) in [6.45, 7) is 2.77. The van der Waals surface area contributed by atoms with E-state index in [-0.39, 0.29) is 17.9 Å². The number of hydrogen-bond acceptors (Lipinski definition) is 8. The third-order valence-corrected chi connectivity index (χ3v) is 5.06. The van der Waals surface area contributed by atoms with Gasteiger partial charge in [-0.15, -0.1) is 0 Å². The zero-order valence-electron chi connectivity index (χ0n) is 17.4. The highest BCUT2D eigenvalue weighted by atomic mass is 16.5. The van der Waals surface area contributed by atoms with Crippen LogP contribution in [-0.2, 0) is 4.74 Å². The van der Waals surface area contributed by atoms with Gasteiger partial charge in [0.1, 0.15) is 0 Å². The van der Waals surface area contributed by atoms with Gasteiger partial charge in [-0.05, 0) is 30.8 Å². The molecule has 3 aromatic rings. The second-order valence-electron chi connectivity index (χ2n) is 7.25. The minimum Gasteiger partial charge on any atom is -0.493 e. The Kier molecular flexibility index (Phi) is 6.10. The maximum absolute atomic E-state index is 12.4. The molecule has 10 heteroatoms. The van der Waals surface area contributed by atoms with Gasteiger partial charge in [-0.2, -0.15) is 9.78 Å². The molecule has 4 rings (SSSR count). The summed E-state index contributed by atoms with van der Waals surface area (Å²) >= 11 is 0. The van der Waals surface area contributed by atoms with Crippen LogP contribution in [0.25, 0.3) is 16.9 Å². The lowest BCUT2D eigenvalue weighted by Gasteiger charge is -2.30. The molecule has 0 aliphatic carbocycles. The summed E-state index contributed by atoms with van der Waals surface area (Å²) in [5.74, 6) is 0.517. The molecule has 1 aliphatic heterocycles. The van der Waals surface area contributed by atoms with Gasteiger partial charge in [0.05, 0.1) is 37.1 Å². The molecular formula is C21H24N6O4. The Morgan fingerprint density at radius 3 is 2.94 bits per heavy atom. The number of nitrogens with zero attached hydrogens (tertiary/aromatic N) is 5. The standard InChI is InChI=1S/C21H24N6O4/c1-26-7-8-31-16(13-26)11-24-20(28)15-3-4-18(23-10-15)27-21(29)17(12-25-27)14-5-6-22-19(9-14)30-2/h3-6,9-10,12,16,29H,7-8,11,13H2,1-2H3,(H,24,28). The van der Waals surface area contributed by atoms with Gasteiger partial charge in [0.25, 0.3) is 5.91 Å². The monoisotopic (exact) mass is 424 g/mol. The number of morpholine rings is 1. The fraction of sp³-hybridized carbons (Fsp3) is 0.333. The lowest BCUT2D eigenvalue weighted by atomic mass is 10.1. The average Bonchev–Trinajstić information content (AvgIpc) is 3.19. The van der Waals surface area contributed by atoms with E-state index in [1.165, 1.54) is 24.2 Å². The SMILES string of the molecule is COc1cc(-c2cnn(-c3ccc(C(=O)NCC4CN(C)CCO4)cn3)c2O)ccn1. The molecule has 4 heterocycles. The Morgan fingerprint density at radius 2 is 2.19 bits per heavy atom. The Hall–Kier alpha value is -3.50. The number of carbonyl (C=O) groups excluding carboxylic acids is 1. The Morgan fingerprint density at radius 1 is 1.32 bits per heavy atom. The third-order valence-electron chi connectivity index (χ3n) is 5.06.